The predicted octanol–water partition coefficient (Wildman–Crippen LogP) is 3.33. The highest BCUT2D eigenvalue weighted by atomic mass is 35.5. The lowest BCUT2D eigenvalue weighted by Crippen LogP contribution is -2.29. The Morgan fingerprint density at radius 1 is 1.28 bits per heavy atom. The summed E-state index contributed by atoms with van der Waals surface area (Å²) >= 11 is 5.94. The van der Waals surface area contributed by atoms with Gasteiger partial charge >= 0.3 is 0 Å². The summed E-state index contributed by atoms with van der Waals surface area (Å²) < 4.78 is 5.19. The van der Waals surface area contributed by atoms with Crippen LogP contribution < -0.4 is 10.1 Å². The fraction of sp³-hybridized carbons (Fsp3) is 0.235. The molecule has 0 bridgehead atoms. The molecule has 0 saturated carbocycles. The summed E-state index contributed by atoms with van der Waals surface area (Å²) in [4.78, 5) is 24.2. The average molecular weight is 364 g/mol. The summed E-state index contributed by atoms with van der Waals surface area (Å²) in [6.45, 7) is 0.630. The van der Waals surface area contributed by atoms with Crippen LogP contribution >= 0.6 is 11.6 Å². The second-order valence-electron chi connectivity index (χ2n) is 5.49. The second kappa shape index (κ2) is 8.46. The number of amides is 1. The van der Waals surface area contributed by atoms with Crippen LogP contribution in [0.25, 0.3) is 0 Å². The number of methoxy groups -OCH3 is 1. The molecule has 0 spiro atoms. The number of rotatable bonds is 7. The van der Waals surface area contributed by atoms with Crippen molar-refractivity contribution in [1.82, 2.24) is 4.90 Å². The summed E-state index contributed by atoms with van der Waals surface area (Å²) in [5.41, 5.74) is 1.42. The largest absolute Gasteiger partial charge is 0.495 e. The topological polar surface area (TPSA) is 84.7 Å². The van der Waals surface area contributed by atoms with Gasteiger partial charge in [0.25, 0.3) is 5.69 Å². The highest BCUT2D eigenvalue weighted by molar-refractivity contribution is 6.31. The van der Waals surface area contributed by atoms with Gasteiger partial charge in [-0.3, -0.25) is 19.8 Å². The van der Waals surface area contributed by atoms with Crippen molar-refractivity contribution < 1.29 is 14.5 Å². The zero-order valence-electron chi connectivity index (χ0n) is 13.9. The third-order valence-electron chi connectivity index (χ3n) is 3.45. The van der Waals surface area contributed by atoms with Gasteiger partial charge in [0.05, 0.1) is 24.3 Å². The zero-order valence-corrected chi connectivity index (χ0v) is 14.6. The molecule has 0 fully saturated rings. The van der Waals surface area contributed by atoms with E-state index in [4.69, 9.17) is 16.3 Å². The van der Waals surface area contributed by atoms with Crippen LogP contribution in [-0.2, 0) is 11.3 Å². The number of nitrogens with zero attached hydrogens (tertiary/aromatic N) is 2. The normalized spacial score (nSPS) is 10.6. The van der Waals surface area contributed by atoms with Gasteiger partial charge in [0.15, 0.2) is 0 Å². The third kappa shape index (κ3) is 5.44. The minimum atomic E-state index is -0.445. The lowest BCUT2D eigenvalue weighted by molar-refractivity contribution is -0.384. The fourth-order valence-electron chi connectivity index (χ4n) is 2.30. The molecule has 0 atom stereocenters. The number of anilines is 1. The van der Waals surface area contributed by atoms with E-state index in [9.17, 15) is 14.9 Å². The molecule has 2 rings (SSSR count). The molecule has 7 nitrogen and oxygen atoms in total. The molecule has 8 heteroatoms. The average Bonchev–Trinajstić information content (AvgIpc) is 2.55. The second-order valence-corrected chi connectivity index (χ2v) is 5.93. The Morgan fingerprint density at radius 2 is 1.96 bits per heavy atom. The Labute approximate surface area is 150 Å². The standard InChI is InChI=1S/C17H18ClN3O4/c1-20(10-12-3-6-14(7-4-12)21(23)24)11-17(22)19-15-9-13(18)5-8-16(15)25-2/h3-9H,10-11H2,1-2H3,(H,19,22). The Kier molecular flexibility index (Phi) is 6.32. The summed E-state index contributed by atoms with van der Waals surface area (Å²) in [6, 6.07) is 11.2. The van der Waals surface area contributed by atoms with Crippen molar-refractivity contribution >= 4 is 28.9 Å². The van der Waals surface area contributed by atoms with E-state index >= 15 is 0 Å². The van der Waals surface area contributed by atoms with Gasteiger partial charge in [-0.2, -0.15) is 0 Å². The molecule has 0 aliphatic heterocycles. The maximum atomic E-state index is 12.2. The molecular formula is C17H18ClN3O4. The molecule has 0 heterocycles. The summed E-state index contributed by atoms with van der Waals surface area (Å²) in [5.74, 6) is 0.306. The third-order valence-corrected chi connectivity index (χ3v) is 3.68. The van der Waals surface area contributed by atoms with E-state index in [1.165, 1.54) is 19.2 Å². The molecular weight excluding hydrogens is 346 g/mol. The number of hydrogen-bond acceptors (Lipinski definition) is 5. The van der Waals surface area contributed by atoms with Gasteiger partial charge in [-0.15, -0.1) is 0 Å². The lowest BCUT2D eigenvalue weighted by atomic mass is 10.2. The van der Waals surface area contributed by atoms with Crippen molar-refractivity contribution in [2.75, 3.05) is 26.0 Å². The minimum absolute atomic E-state index is 0.0391. The van der Waals surface area contributed by atoms with Crippen molar-refractivity contribution in [3.8, 4) is 5.75 Å². The van der Waals surface area contributed by atoms with E-state index in [-0.39, 0.29) is 18.1 Å². The number of nitrogens with one attached hydrogen (secondary N) is 1. The van der Waals surface area contributed by atoms with Crippen molar-refractivity contribution in [1.29, 1.82) is 0 Å². The number of ether oxygens (including phenoxy) is 1. The first-order valence-corrected chi connectivity index (χ1v) is 7.82. The summed E-state index contributed by atoms with van der Waals surface area (Å²) in [6.07, 6.45) is 0. The smallest absolute Gasteiger partial charge is 0.269 e. The number of benzene rings is 2. The number of halogens is 1. The first kappa shape index (κ1) is 18.7. The molecule has 0 radical (unpaired) electrons. The highest BCUT2D eigenvalue weighted by Crippen LogP contribution is 2.27. The van der Waals surface area contributed by atoms with E-state index in [1.54, 1.807) is 42.3 Å². The number of nitro benzene ring substituents is 1. The Hall–Kier alpha value is -2.64. The molecule has 25 heavy (non-hydrogen) atoms. The van der Waals surface area contributed by atoms with Crippen molar-refractivity contribution in [2.24, 2.45) is 0 Å². The van der Waals surface area contributed by atoms with Crippen LogP contribution in [0.15, 0.2) is 42.5 Å². The number of hydrogen-bond donors (Lipinski definition) is 1. The minimum Gasteiger partial charge on any atom is -0.495 e. The van der Waals surface area contributed by atoms with Gasteiger partial charge in [-0.25, -0.2) is 0 Å². The molecule has 1 N–H and O–H groups in total. The van der Waals surface area contributed by atoms with Crippen LogP contribution in [0.3, 0.4) is 0 Å². The van der Waals surface area contributed by atoms with Crippen molar-refractivity contribution in [3.05, 3.63) is 63.2 Å². The summed E-state index contributed by atoms with van der Waals surface area (Å²) in [7, 11) is 3.30. The van der Waals surface area contributed by atoms with Crippen LogP contribution in [0, 0.1) is 10.1 Å². The SMILES string of the molecule is COc1ccc(Cl)cc1NC(=O)CN(C)Cc1ccc([N+](=O)[O-])cc1. The number of nitro groups is 1. The molecule has 1 amide bonds. The van der Waals surface area contributed by atoms with E-state index in [2.05, 4.69) is 5.32 Å². The number of carbonyl (C=O) groups is 1. The maximum absolute atomic E-state index is 12.2. The van der Waals surface area contributed by atoms with E-state index in [0.29, 0.717) is 23.0 Å². The molecule has 0 aromatic heterocycles. The van der Waals surface area contributed by atoms with Crippen LogP contribution in [0.5, 0.6) is 5.75 Å². The number of likely N-dealkylation sites (N-methyl/N-ethyl adjacent to an activating group) is 1. The van der Waals surface area contributed by atoms with Crippen LogP contribution in [-0.4, -0.2) is 36.4 Å². The molecule has 132 valence electrons. The molecule has 2 aromatic rings. The van der Waals surface area contributed by atoms with E-state index in [1.807, 2.05) is 0 Å². The highest BCUT2D eigenvalue weighted by Gasteiger charge is 2.12. The van der Waals surface area contributed by atoms with Gasteiger partial charge in [-0.1, -0.05) is 23.7 Å². The van der Waals surface area contributed by atoms with Gasteiger partial charge in [0.2, 0.25) is 5.91 Å². The Bertz CT molecular complexity index is 765. The molecule has 0 aliphatic carbocycles. The van der Waals surface area contributed by atoms with Gasteiger partial charge in [0.1, 0.15) is 5.75 Å². The lowest BCUT2D eigenvalue weighted by Gasteiger charge is -2.17. The predicted molar refractivity (Wildman–Crippen MR) is 96.1 cm³/mol. The van der Waals surface area contributed by atoms with Gasteiger partial charge < -0.3 is 10.1 Å². The Balaban J connectivity index is 1.94. The first-order valence-electron chi connectivity index (χ1n) is 7.44. The quantitative estimate of drug-likeness (QED) is 0.602. The Morgan fingerprint density at radius 3 is 2.56 bits per heavy atom. The molecule has 0 unspecified atom stereocenters. The van der Waals surface area contributed by atoms with Crippen LogP contribution in [0.1, 0.15) is 5.56 Å². The van der Waals surface area contributed by atoms with E-state index in [0.717, 1.165) is 5.56 Å². The first-order chi connectivity index (χ1) is 11.9. The van der Waals surface area contributed by atoms with Crippen LogP contribution in [0.4, 0.5) is 11.4 Å². The fourth-order valence-corrected chi connectivity index (χ4v) is 2.48. The monoisotopic (exact) mass is 363 g/mol. The molecule has 0 saturated heterocycles. The van der Waals surface area contributed by atoms with Crippen molar-refractivity contribution in [2.45, 2.75) is 6.54 Å². The summed E-state index contributed by atoms with van der Waals surface area (Å²) in [5, 5.41) is 13.9. The van der Waals surface area contributed by atoms with Gasteiger partial charge in [0, 0.05) is 23.7 Å². The van der Waals surface area contributed by atoms with Crippen molar-refractivity contribution in [3.63, 3.8) is 0 Å². The van der Waals surface area contributed by atoms with Crippen LogP contribution in [0.2, 0.25) is 5.02 Å². The van der Waals surface area contributed by atoms with E-state index < -0.39 is 4.92 Å². The van der Waals surface area contributed by atoms with Gasteiger partial charge in [-0.05, 0) is 30.8 Å². The number of non-ortho nitro benzene ring substituents is 1. The maximum Gasteiger partial charge on any atom is 0.269 e. The zero-order chi connectivity index (χ0) is 18.4. The molecule has 0 aliphatic rings. The molecule has 2 aromatic carbocycles. The number of carbonyl (C=O) groups excluding carboxylic acids is 1.